The van der Waals surface area contributed by atoms with Gasteiger partial charge in [0.15, 0.2) is 0 Å². The number of hydrogen-bond acceptors (Lipinski definition) is 5. The van der Waals surface area contributed by atoms with Gasteiger partial charge in [0.1, 0.15) is 11.2 Å². The van der Waals surface area contributed by atoms with Crippen LogP contribution in [0.25, 0.3) is 54.3 Å². The van der Waals surface area contributed by atoms with Gasteiger partial charge in [-0.1, -0.05) is 219 Å². The van der Waals surface area contributed by atoms with Crippen LogP contribution in [0.4, 0.5) is 51.2 Å². The van der Waals surface area contributed by atoms with Gasteiger partial charge in [-0.25, -0.2) is 0 Å². The quantitative estimate of drug-likeness (QED) is 0.148. The van der Waals surface area contributed by atoms with E-state index < -0.39 is 0 Å². The third-order valence-corrected chi connectivity index (χ3v) is 19.9. The summed E-state index contributed by atoms with van der Waals surface area (Å²) >= 11 is 1.96. The van der Waals surface area contributed by atoms with Crippen molar-refractivity contribution < 1.29 is 4.42 Å². The molecule has 0 bridgehead atoms. The van der Waals surface area contributed by atoms with Crippen molar-refractivity contribution in [2.75, 3.05) is 14.7 Å². The molecular formula is C82H80BN3OS. The van der Waals surface area contributed by atoms with Gasteiger partial charge in [0.05, 0.1) is 11.4 Å². The van der Waals surface area contributed by atoms with E-state index in [0.29, 0.717) is 0 Å². The molecule has 2 aliphatic rings. The summed E-state index contributed by atoms with van der Waals surface area (Å²) in [5, 5.41) is 3.52. The normalized spacial score (nSPS) is 13.6. The SMILES string of the molecule is CC(C)(C)c1ccc(N(c2ccc(C(C)(C)C)cc2)c2cc3c(cc2-c2ccccc2)B2c4sc5ccc(C(C)(C)C)cc5c4N(c4ccc(C(C)(C)C)cc4)c4cc(-c5ccc6c(c5)oc5ccccc56)cc(c42)N3c2ccc(C(C)(C)C)cc2)cc1. The van der Waals surface area contributed by atoms with Crippen molar-refractivity contribution in [3.8, 4) is 22.3 Å². The van der Waals surface area contributed by atoms with Gasteiger partial charge in [0.25, 0.3) is 6.71 Å². The lowest BCUT2D eigenvalue weighted by atomic mass is 9.36. The van der Waals surface area contributed by atoms with Crippen LogP contribution in [-0.4, -0.2) is 6.71 Å². The van der Waals surface area contributed by atoms with E-state index in [4.69, 9.17) is 4.42 Å². The maximum absolute atomic E-state index is 6.72. The molecule has 0 unspecified atom stereocenters. The first-order valence-corrected chi connectivity index (χ1v) is 32.3. The zero-order valence-electron chi connectivity index (χ0n) is 53.9. The van der Waals surface area contributed by atoms with Gasteiger partial charge in [-0.3, -0.25) is 0 Å². The number of nitrogens with zero attached hydrogens (tertiary/aromatic N) is 3. The van der Waals surface area contributed by atoms with Gasteiger partial charge in [-0.2, -0.15) is 0 Å². The van der Waals surface area contributed by atoms with Crippen LogP contribution in [0.5, 0.6) is 0 Å². The Morgan fingerprint density at radius 3 is 1.42 bits per heavy atom. The molecule has 4 nitrogen and oxygen atoms in total. The Balaban J connectivity index is 1.13. The van der Waals surface area contributed by atoms with Gasteiger partial charge in [0, 0.05) is 71.0 Å². The van der Waals surface area contributed by atoms with Gasteiger partial charge < -0.3 is 19.1 Å². The van der Waals surface area contributed by atoms with Crippen LogP contribution in [0.15, 0.2) is 217 Å². The summed E-state index contributed by atoms with van der Waals surface area (Å²) in [5.41, 5.74) is 25.5. The molecule has 0 aliphatic carbocycles. The summed E-state index contributed by atoms with van der Waals surface area (Å²) in [4.78, 5) is 7.76. The van der Waals surface area contributed by atoms with E-state index in [1.165, 1.54) is 70.5 Å². The number of furan rings is 1. The third-order valence-electron chi connectivity index (χ3n) is 18.6. The van der Waals surface area contributed by atoms with Crippen molar-refractivity contribution in [2.24, 2.45) is 0 Å². The average molecular weight is 1170 g/mol. The molecule has 0 fully saturated rings. The second-order valence-electron chi connectivity index (χ2n) is 29.9. The topological polar surface area (TPSA) is 22.9 Å². The second-order valence-corrected chi connectivity index (χ2v) is 31.0. The van der Waals surface area contributed by atoms with Crippen LogP contribution in [0, 0.1) is 0 Å². The third kappa shape index (κ3) is 9.84. The molecule has 12 aromatic rings. The fourth-order valence-electron chi connectivity index (χ4n) is 13.5. The lowest BCUT2D eigenvalue weighted by molar-refractivity contribution is 0.590. The number of anilines is 9. The summed E-state index contributed by atoms with van der Waals surface area (Å²) in [6.07, 6.45) is 0. The van der Waals surface area contributed by atoms with Crippen molar-refractivity contribution in [1.82, 2.24) is 0 Å². The molecule has 0 saturated carbocycles. The fraction of sp³-hybridized carbons (Fsp3) is 0.244. The molecule has 2 aromatic heterocycles. The monoisotopic (exact) mass is 1170 g/mol. The first kappa shape index (κ1) is 57.2. The van der Waals surface area contributed by atoms with Gasteiger partial charge in [0.2, 0.25) is 0 Å². The Hall–Kier alpha value is -8.58. The fourth-order valence-corrected chi connectivity index (χ4v) is 14.8. The number of thiophene rings is 1. The second kappa shape index (κ2) is 20.5. The smallest absolute Gasteiger partial charge is 0.264 e. The standard InChI is InChI=1S/C82H80BN3OS/c1-78(2,3)54-26-35-59(36-27-54)84(60-37-28-55(29-38-60)79(4,5)6)68-50-69-67(49-65(68)51-21-17-16-18-22-51)83-75-70(85(69)61-39-30-56(31-40-61)80(7,8)9)45-53(52-25-43-64-63-23-19-20-24-72(63)87-73(64)47-52)46-71(75)86(62-41-32-57(33-42-62)81(10,11)12)76-66-48-58(82(13,14)15)34-44-74(66)88-77(76)83/h16-50H,1-15H3. The summed E-state index contributed by atoms with van der Waals surface area (Å²) in [6.45, 7) is 34.5. The Bertz CT molecular complexity index is 4610. The molecule has 4 heterocycles. The molecule has 6 heteroatoms. The van der Waals surface area contributed by atoms with E-state index in [1.807, 2.05) is 11.3 Å². The highest BCUT2D eigenvalue weighted by atomic mass is 32.1. The highest BCUT2D eigenvalue weighted by Gasteiger charge is 2.47. The van der Waals surface area contributed by atoms with Crippen molar-refractivity contribution in [1.29, 1.82) is 0 Å². The molecule has 14 rings (SSSR count). The number of rotatable bonds is 7. The van der Waals surface area contributed by atoms with E-state index >= 15 is 0 Å². The molecule has 88 heavy (non-hydrogen) atoms. The number of hydrogen-bond donors (Lipinski definition) is 0. The molecule has 0 N–H and O–H groups in total. The van der Waals surface area contributed by atoms with Crippen LogP contribution in [0.1, 0.15) is 132 Å². The Morgan fingerprint density at radius 2 is 0.864 bits per heavy atom. The molecular weight excluding hydrogens is 1090 g/mol. The lowest BCUT2D eigenvalue weighted by Gasteiger charge is -2.44. The van der Waals surface area contributed by atoms with Crippen LogP contribution in [-0.2, 0) is 27.1 Å². The van der Waals surface area contributed by atoms with Crippen LogP contribution in [0.3, 0.4) is 0 Å². The molecule has 10 aromatic carbocycles. The van der Waals surface area contributed by atoms with Crippen LogP contribution in [0.2, 0.25) is 0 Å². The number of para-hydroxylation sites is 1. The molecule has 438 valence electrons. The van der Waals surface area contributed by atoms with Crippen LogP contribution >= 0.6 is 11.3 Å². The van der Waals surface area contributed by atoms with E-state index in [9.17, 15) is 0 Å². The average Bonchev–Trinajstić information content (AvgIpc) is 0.996. The Kier molecular flexibility index (Phi) is 13.3. The van der Waals surface area contributed by atoms with Crippen LogP contribution < -0.4 is 30.4 Å². The van der Waals surface area contributed by atoms with Crippen molar-refractivity contribution in [3.05, 3.63) is 240 Å². The largest absolute Gasteiger partial charge is 0.456 e. The molecule has 0 radical (unpaired) electrons. The van der Waals surface area contributed by atoms with E-state index in [0.717, 1.165) is 78.4 Å². The van der Waals surface area contributed by atoms with E-state index in [2.05, 4.69) is 331 Å². The first-order chi connectivity index (χ1) is 41.8. The minimum Gasteiger partial charge on any atom is -0.456 e. The first-order valence-electron chi connectivity index (χ1n) is 31.5. The molecule has 2 aliphatic heterocycles. The minimum absolute atomic E-state index is 0.0180. The Morgan fingerprint density at radius 1 is 0.375 bits per heavy atom. The molecule has 0 saturated heterocycles. The van der Waals surface area contributed by atoms with Crippen molar-refractivity contribution in [3.63, 3.8) is 0 Å². The molecule has 0 amide bonds. The highest BCUT2D eigenvalue weighted by Crippen LogP contribution is 2.53. The van der Waals surface area contributed by atoms with E-state index in [-0.39, 0.29) is 33.8 Å². The lowest BCUT2D eigenvalue weighted by Crippen LogP contribution is -2.60. The summed E-state index contributed by atoms with van der Waals surface area (Å²) in [6, 6.07) is 81.3. The molecule has 0 atom stereocenters. The molecule has 0 spiro atoms. The maximum atomic E-state index is 6.72. The van der Waals surface area contributed by atoms with Gasteiger partial charge in [-0.15, -0.1) is 11.3 Å². The maximum Gasteiger partial charge on any atom is 0.264 e. The summed E-state index contributed by atoms with van der Waals surface area (Å²) in [7, 11) is 0. The minimum atomic E-state index is -0.144. The van der Waals surface area contributed by atoms with E-state index in [1.54, 1.807) is 0 Å². The zero-order chi connectivity index (χ0) is 61.6. The predicted molar refractivity (Wildman–Crippen MR) is 382 cm³/mol. The van der Waals surface area contributed by atoms with Crippen molar-refractivity contribution in [2.45, 2.75) is 131 Å². The Labute approximate surface area is 526 Å². The number of benzene rings is 10. The number of fused-ring (bicyclic) bond motifs is 9. The van der Waals surface area contributed by atoms with Crippen molar-refractivity contribution >= 4 is 117 Å². The highest BCUT2D eigenvalue weighted by molar-refractivity contribution is 7.33. The van der Waals surface area contributed by atoms with Gasteiger partial charge >= 0.3 is 0 Å². The van der Waals surface area contributed by atoms with Gasteiger partial charge in [-0.05, 0) is 180 Å². The summed E-state index contributed by atoms with van der Waals surface area (Å²) in [5.74, 6) is 0. The summed E-state index contributed by atoms with van der Waals surface area (Å²) < 4.78 is 9.34. The predicted octanol–water partition coefficient (Wildman–Crippen LogP) is 22.2. The zero-order valence-corrected chi connectivity index (χ0v) is 54.8.